The summed E-state index contributed by atoms with van der Waals surface area (Å²) in [4.78, 5) is 13.2. The summed E-state index contributed by atoms with van der Waals surface area (Å²) in [6.45, 7) is 6.67. The van der Waals surface area contributed by atoms with Gasteiger partial charge in [0, 0.05) is 19.1 Å². The van der Waals surface area contributed by atoms with E-state index >= 15 is 0 Å². The molecule has 14 heavy (non-hydrogen) atoms. The molecule has 80 valence electrons. The molecule has 1 rings (SSSR count). The van der Waals surface area contributed by atoms with Crippen LogP contribution in [0.4, 0.5) is 4.79 Å². The molecule has 1 amide bonds. The molecule has 0 saturated heterocycles. The highest BCUT2D eigenvalue weighted by Gasteiger charge is 2.23. The maximum Gasteiger partial charge on any atom is 0.410 e. The summed E-state index contributed by atoms with van der Waals surface area (Å²) in [6, 6.07) is -0.0729. The Balaban J connectivity index is 2.50. The molecule has 0 radical (unpaired) electrons. The van der Waals surface area contributed by atoms with Crippen molar-refractivity contribution in [3.8, 4) is 0 Å². The Morgan fingerprint density at radius 3 is 2.71 bits per heavy atom. The fourth-order valence-corrected chi connectivity index (χ4v) is 1.23. The van der Waals surface area contributed by atoms with Crippen molar-refractivity contribution in [2.24, 2.45) is 5.73 Å². The van der Waals surface area contributed by atoms with E-state index in [1.807, 2.05) is 32.9 Å². The number of carbonyl (C=O) groups excluding carboxylic acids is 1. The van der Waals surface area contributed by atoms with E-state index in [-0.39, 0.29) is 12.1 Å². The van der Waals surface area contributed by atoms with E-state index in [0.29, 0.717) is 13.1 Å². The van der Waals surface area contributed by atoms with Gasteiger partial charge in [-0.2, -0.15) is 0 Å². The first-order valence-electron chi connectivity index (χ1n) is 4.78. The molecule has 2 N–H and O–H groups in total. The molecule has 0 spiro atoms. The van der Waals surface area contributed by atoms with E-state index in [1.165, 1.54) is 0 Å². The van der Waals surface area contributed by atoms with Gasteiger partial charge in [0.1, 0.15) is 5.60 Å². The Morgan fingerprint density at radius 2 is 2.21 bits per heavy atom. The second kappa shape index (κ2) is 4.00. The van der Waals surface area contributed by atoms with Gasteiger partial charge in [0.15, 0.2) is 0 Å². The lowest BCUT2D eigenvalue weighted by Crippen LogP contribution is -2.45. The standard InChI is InChI=1S/C10H18N2O2/c1-10(2,3)14-9(13)12-6-4-5-8(11)7-12/h4-5,8H,6-7,11H2,1-3H3. The van der Waals surface area contributed by atoms with Gasteiger partial charge in [0.2, 0.25) is 0 Å². The van der Waals surface area contributed by atoms with Crippen LogP contribution in [-0.4, -0.2) is 35.7 Å². The number of nitrogens with two attached hydrogens (primary N) is 1. The second-order valence-electron chi connectivity index (χ2n) is 4.48. The zero-order chi connectivity index (χ0) is 10.8. The average Bonchev–Trinajstić information content (AvgIpc) is 2.01. The molecular formula is C10H18N2O2. The van der Waals surface area contributed by atoms with Gasteiger partial charge in [0.05, 0.1) is 0 Å². The summed E-state index contributed by atoms with van der Waals surface area (Å²) in [5.41, 5.74) is 5.25. The van der Waals surface area contributed by atoms with Crippen LogP contribution in [0.5, 0.6) is 0 Å². The van der Waals surface area contributed by atoms with E-state index in [9.17, 15) is 4.79 Å². The van der Waals surface area contributed by atoms with Crippen molar-refractivity contribution in [2.45, 2.75) is 32.4 Å². The predicted octanol–water partition coefficient (Wildman–Crippen LogP) is 1.12. The topological polar surface area (TPSA) is 55.6 Å². The summed E-state index contributed by atoms with van der Waals surface area (Å²) >= 11 is 0. The van der Waals surface area contributed by atoms with Crippen molar-refractivity contribution >= 4 is 6.09 Å². The van der Waals surface area contributed by atoms with E-state index in [2.05, 4.69) is 0 Å². The molecule has 0 aromatic carbocycles. The molecule has 0 aromatic heterocycles. The van der Waals surface area contributed by atoms with Gasteiger partial charge in [-0.25, -0.2) is 4.79 Å². The van der Waals surface area contributed by atoms with Crippen molar-refractivity contribution < 1.29 is 9.53 Å². The van der Waals surface area contributed by atoms with E-state index in [1.54, 1.807) is 4.90 Å². The number of hydrogen-bond donors (Lipinski definition) is 1. The Labute approximate surface area is 84.7 Å². The van der Waals surface area contributed by atoms with Gasteiger partial charge in [0.25, 0.3) is 0 Å². The van der Waals surface area contributed by atoms with Crippen LogP contribution in [0.2, 0.25) is 0 Å². The first-order valence-corrected chi connectivity index (χ1v) is 4.78. The van der Waals surface area contributed by atoms with E-state index in [4.69, 9.17) is 10.5 Å². The Kier molecular flexibility index (Phi) is 3.16. The van der Waals surface area contributed by atoms with Crippen LogP contribution in [0.25, 0.3) is 0 Å². The number of hydrogen-bond acceptors (Lipinski definition) is 3. The smallest absolute Gasteiger partial charge is 0.410 e. The Hall–Kier alpha value is -1.03. The first-order chi connectivity index (χ1) is 6.38. The second-order valence-corrected chi connectivity index (χ2v) is 4.48. The number of carbonyl (C=O) groups is 1. The van der Waals surface area contributed by atoms with Crippen molar-refractivity contribution in [3.63, 3.8) is 0 Å². The van der Waals surface area contributed by atoms with Gasteiger partial charge in [-0.1, -0.05) is 12.2 Å². The summed E-state index contributed by atoms with van der Waals surface area (Å²) in [6.07, 6.45) is 3.50. The molecule has 0 fully saturated rings. The molecule has 1 aliphatic heterocycles. The normalized spacial score (nSPS) is 22.3. The number of rotatable bonds is 0. The monoisotopic (exact) mass is 198 g/mol. The lowest BCUT2D eigenvalue weighted by molar-refractivity contribution is 0.0260. The highest BCUT2D eigenvalue weighted by Crippen LogP contribution is 2.11. The number of amides is 1. The van der Waals surface area contributed by atoms with E-state index < -0.39 is 5.60 Å². The van der Waals surface area contributed by atoms with Gasteiger partial charge >= 0.3 is 6.09 Å². The quantitative estimate of drug-likeness (QED) is 0.593. The Morgan fingerprint density at radius 1 is 1.57 bits per heavy atom. The number of nitrogens with zero attached hydrogens (tertiary/aromatic N) is 1. The van der Waals surface area contributed by atoms with Crippen LogP contribution in [0.3, 0.4) is 0 Å². The zero-order valence-electron chi connectivity index (χ0n) is 8.99. The van der Waals surface area contributed by atoms with Crippen LogP contribution in [-0.2, 0) is 4.74 Å². The molecule has 4 nitrogen and oxygen atoms in total. The lowest BCUT2D eigenvalue weighted by Gasteiger charge is -2.29. The average molecular weight is 198 g/mol. The van der Waals surface area contributed by atoms with Crippen molar-refractivity contribution in [1.82, 2.24) is 4.90 Å². The van der Waals surface area contributed by atoms with Gasteiger partial charge < -0.3 is 15.4 Å². The zero-order valence-corrected chi connectivity index (χ0v) is 8.99. The van der Waals surface area contributed by atoms with Crippen LogP contribution in [0.1, 0.15) is 20.8 Å². The van der Waals surface area contributed by atoms with Crippen molar-refractivity contribution in [2.75, 3.05) is 13.1 Å². The molecule has 0 aromatic rings. The van der Waals surface area contributed by atoms with Gasteiger partial charge in [-0.15, -0.1) is 0 Å². The van der Waals surface area contributed by atoms with Crippen LogP contribution >= 0.6 is 0 Å². The fourth-order valence-electron chi connectivity index (χ4n) is 1.23. The third kappa shape index (κ3) is 3.38. The SMILES string of the molecule is CC(C)(C)OC(=O)N1CC=CC(N)C1. The molecule has 1 unspecified atom stereocenters. The van der Waals surface area contributed by atoms with Crippen molar-refractivity contribution in [3.05, 3.63) is 12.2 Å². The van der Waals surface area contributed by atoms with Crippen LogP contribution in [0.15, 0.2) is 12.2 Å². The van der Waals surface area contributed by atoms with Crippen molar-refractivity contribution in [1.29, 1.82) is 0 Å². The minimum absolute atomic E-state index is 0.0729. The molecule has 0 bridgehead atoms. The lowest BCUT2D eigenvalue weighted by atomic mass is 10.2. The highest BCUT2D eigenvalue weighted by atomic mass is 16.6. The maximum atomic E-state index is 11.6. The Bertz CT molecular complexity index is 243. The minimum Gasteiger partial charge on any atom is -0.444 e. The third-order valence-electron chi connectivity index (χ3n) is 1.79. The minimum atomic E-state index is -0.442. The highest BCUT2D eigenvalue weighted by molar-refractivity contribution is 5.68. The van der Waals surface area contributed by atoms with Gasteiger partial charge in [-0.3, -0.25) is 0 Å². The maximum absolute atomic E-state index is 11.6. The molecule has 1 aliphatic rings. The fraction of sp³-hybridized carbons (Fsp3) is 0.700. The van der Waals surface area contributed by atoms with Gasteiger partial charge in [-0.05, 0) is 20.8 Å². The van der Waals surface area contributed by atoms with Crippen LogP contribution < -0.4 is 5.73 Å². The molecule has 0 saturated carbocycles. The summed E-state index contributed by atoms with van der Waals surface area (Å²) < 4.78 is 5.22. The summed E-state index contributed by atoms with van der Waals surface area (Å²) in [7, 11) is 0. The first kappa shape index (κ1) is 11.0. The molecule has 1 heterocycles. The summed E-state index contributed by atoms with van der Waals surface area (Å²) in [5, 5.41) is 0. The molecular weight excluding hydrogens is 180 g/mol. The third-order valence-corrected chi connectivity index (χ3v) is 1.79. The summed E-state index contributed by atoms with van der Waals surface area (Å²) in [5.74, 6) is 0. The molecule has 0 aliphatic carbocycles. The largest absolute Gasteiger partial charge is 0.444 e. The number of ether oxygens (including phenoxy) is 1. The predicted molar refractivity (Wildman–Crippen MR) is 54.9 cm³/mol. The molecule has 1 atom stereocenters. The van der Waals surface area contributed by atoms with E-state index in [0.717, 1.165) is 0 Å². The molecule has 4 heteroatoms. The van der Waals surface area contributed by atoms with Crippen LogP contribution in [0, 0.1) is 0 Å².